The Morgan fingerprint density at radius 1 is 1.57 bits per heavy atom. The second-order valence-electron chi connectivity index (χ2n) is 5.24. The van der Waals surface area contributed by atoms with Crippen LogP contribution >= 0.6 is 0 Å². The minimum Gasteiger partial charge on any atom is -0.495 e. The number of hydrogen-bond donors (Lipinski definition) is 2. The SMILES string of the molecule is COc1cc(C#N)ccc1S(=O)(=O)NC1(CC(=O)O)CCOC1. The highest BCUT2D eigenvalue weighted by Gasteiger charge is 2.41. The van der Waals surface area contributed by atoms with Crippen molar-refractivity contribution in [3.05, 3.63) is 23.8 Å². The summed E-state index contributed by atoms with van der Waals surface area (Å²) in [5.41, 5.74) is -0.936. The van der Waals surface area contributed by atoms with Crippen LogP contribution in [-0.4, -0.2) is 45.4 Å². The lowest BCUT2D eigenvalue weighted by Crippen LogP contribution is -2.50. The summed E-state index contributed by atoms with van der Waals surface area (Å²) in [5.74, 6) is -1.11. The summed E-state index contributed by atoms with van der Waals surface area (Å²) in [6, 6.07) is 5.81. The Bertz CT molecular complexity index is 747. The van der Waals surface area contributed by atoms with Gasteiger partial charge in [0.15, 0.2) is 0 Å². The quantitative estimate of drug-likeness (QED) is 0.771. The zero-order valence-electron chi connectivity index (χ0n) is 12.4. The van der Waals surface area contributed by atoms with E-state index in [1.807, 2.05) is 6.07 Å². The van der Waals surface area contributed by atoms with Gasteiger partial charge in [0.2, 0.25) is 10.0 Å². The third-order valence-electron chi connectivity index (χ3n) is 3.53. The summed E-state index contributed by atoms with van der Waals surface area (Å²) >= 11 is 0. The van der Waals surface area contributed by atoms with Gasteiger partial charge in [0.25, 0.3) is 0 Å². The average molecular weight is 340 g/mol. The Kier molecular flexibility index (Phi) is 4.89. The smallest absolute Gasteiger partial charge is 0.305 e. The van der Waals surface area contributed by atoms with Crippen molar-refractivity contribution in [3.63, 3.8) is 0 Å². The number of rotatable bonds is 6. The third-order valence-corrected chi connectivity index (χ3v) is 5.14. The van der Waals surface area contributed by atoms with E-state index in [-0.39, 0.29) is 42.3 Å². The van der Waals surface area contributed by atoms with Crippen molar-refractivity contribution in [2.45, 2.75) is 23.3 Å². The number of ether oxygens (including phenoxy) is 2. The van der Waals surface area contributed by atoms with Gasteiger partial charge in [0.05, 0.1) is 37.3 Å². The molecule has 0 aromatic heterocycles. The van der Waals surface area contributed by atoms with Gasteiger partial charge in [-0.1, -0.05) is 0 Å². The molecule has 1 aliphatic rings. The van der Waals surface area contributed by atoms with Crippen molar-refractivity contribution in [3.8, 4) is 11.8 Å². The van der Waals surface area contributed by atoms with Gasteiger partial charge >= 0.3 is 5.97 Å². The number of carboxylic acid groups (broad SMARTS) is 1. The second-order valence-corrected chi connectivity index (χ2v) is 6.89. The van der Waals surface area contributed by atoms with E-state index >= 15 is 0 Å². The Hall–Kier alpha value is -2.15. The van der Waals surface area contributed by atoms with E-state index in [0.29, 0.717) is 0 Å². The number of benzene rings is 1. The molecule has 9 heteroatoms. The fourth-order valence-electron chi connectivity index (χ4n) is 2.45. The molecule has 0 amide bonds. The molecule has 0 radical (unpaired) electrons. The van der Waals surface area contributed by atoms with E-state index in [1.165, 1.54) is 25.3 Å². The van der Waals surface area contributed by atoms with Gasteiger partial charge in [0, 0.05) is 6.61 Å². The van der Waals surface area contributed by atoms with Gasteiger partial charge in [-0.05, 0) is 24.6 Å². The third kappa shape index (κ3) is 3.79. The van der Waals surface area contributed by atoms with E-state index in [4.69, 9.17) is 19.8 Å². The molecular formula is C14H16N2O6S. The Labute approximate surface area is 133 Å². The first-order chi connectivity index (χ1) is 10.8. The summed E-state index contributed by atoms with van der Waals surface area (Å²) in [6.45, 7) is 0.261. The molecule has 8 nitrogen and oxygen atoms in total. The Morgan fingerprint density at radius 2 is 2.30 bits per heavy atom. The topological polar surface area (TPSA) is 126 Å². The molecular weight excluding hydrogens is 324 g/mol. The fraction of sp³-hybridized carbons (Fsp3) is 0.429. The average Bonchev–Trinajstić information content (AvgIpc) is 2.92. The molecule has 2 N–H and O–H groups in total. The number of aliphatic carboxylic acids is 1. The van der Waals surface area contributed by atoms with Crippen LogP contribution < -0.4 is 9.46 Å². The normalized spacial score (nSPS) is 20.9. The number of nitrogens with one attached hydrogen (secondary N) is 1. The Balaban J connectivity index is 2.38. The van der Waals surface area contributed by atoms with Gasteiger partial charge in [-0.2, -0.15) is 5.26 Å². The van der Waals surface area contributed by atoms with Crippen LogP contribution in [0, 0.1) is 11.3 Å². The molecule has 0 bridgehead atoms. The van der Waals surface area contributed by atoms with Crippen molar-refractivity contribution in [1.82, 2.24) is 4.72 Å². The molecule has 23 heavy (non-hydrogen) atoms. The molecule has 1 aromatic carbocycles. The molecule has 0 spiro atoms. The molecule has 1 heterocycles. The van der Waals surface area contributed by atoms with Crippen molar-refractivity contribution in [2.24, 2.45) is 0 Å². The molecule has 1 aromatic rings. The Morgan fingerprint density at radius 3 is 2.83 bits per heavy atom. The van der Waals surface area contributed by atoms with Crippen LogP contribution in [0.5, 0.6) is 5.75 Å². The molecule has 0 saturated carbocycles. The van der Waals surface area contributed by atoms with Crippen LogP contribution in [0.1, 0.15) is 18.4 Å². The maximum atomic E-state index is 12.6. The maximum Gasteiger partial charge on any atom is 0.305 e. The highest BCUT2D eigenvalue weighted by Crippen LogP contribution is 2.29. The summed E-state index contributed by atoms with van der Waals surface area (Å²) in [5, 5.41) is 17.9. The summed E-state index contributed by atoms with van der Waals surface area (Å²) < 4.78 is 37.9. The first-order valence-electron chi connectivity index (χ1n) is 6.73. The monoisotopic (exact) mass is 340 g/mol. The summed E-state index contributed by atoms with van der Waals surface area (Å²) in [4.78, 5) is 10.9. The molecule has 0 aliphatic carbocycles. The number of carbonyl (C=O) groups is 1. The number of hydrogen-bond acceptors (Lipinski definition) is 6. The van der Waals surface area contributed by atoms with Crippen LogP contribution in [-0.2, 0) is 19.6 Å². The van der Waals surface area contributed by atoms with Crippen LogP contribution in [0.3, 0.4) is 0 Å². The largest absolute Gasteiger partial charge is 0.495 e. The van der Waals surface area contributed by atoms with Crippen molar-refractivity contribution < 1.29 is 27.8 Å². The molecule has 1 atom stereocenters. The van der Waals surface area contributed by atoms with Crippen LogP contribution in [0.25, 0.3) is 0 Å². The number of carboxylic acids is 1. The molecule has 1 aliphatic heterocycles. The van der Waals surface area contributed by atoms with Gasteiger partial charge in [-0.15, -0.1) is 0 Å². The van der Waals surface area contributed by atoms with Crippen LogP contribution in [0.2, 0.25) is 0 Å². The predicted molar refractivity (Wildman–Crippen MR) is 78.5 cm³/mol. The summed E-state index contributed by atoms with van der Waals surface area (Å²) in [6.07, 6.45) is -0.123. The molecule has 1 unspecified atom stereocenters. The second kappa shape index (κ2) is 6.54. The number of methoxy groups -OCH3 is 1. The van der Waals surface area contributed by atoms with Gasteiger partial charge < -0.3 is 14.6 Å². The van der Waals surface area contributed by atoms with E-state index in [0.717, 1.165) is 0 Å². The van der Waals surface area contributed by atoms with Gasteiger partial charge in [-0.25, -0.2) is 13.1 Å². The predicted octanol–water partition coefficient (Wildman–Crippen LogP) is 0.479. The maximum absolute atomic E-state index is 12.6. The zero-order valence-corrected chi connectivity index (χ0v) is 13.2. The lowest BCUT2D eigenvalue weighted by molar-refractivity contribution is -0.138. The summed E-state index contributed by atoms with van der Waals surface area (Å²) in [7, 11) is -2.75. The minimum absolute atomic E-state index is 0.0148. The molecule has 2 rings (SSSR count). The lowest BCUT2D eigenvalue weighted by atomic mass is 9.96. The molecule has 1 fully saturated rings. The molecule has 1 saturated heterocycles. The van der Waals surface area contributed by atoms with Crippen molar-refractivity contribution >= 4 is 16.0 Å². The van der Waals surface area contributed by atoms with Crippen molar-refractivity contribution in [1.29, 1.82) is 5.26 Å². The first kappa shape index (κ1) is 17.2. The van der Waals surface area contributed by atoms with Crippen LogP contribution in [0.4, 0.5) is 0 Å². The number of sulfonamides is 1. The zero-order chi connectivity index (χ0) is 17.1. The van der Waals surface area contributed by atoms with E-state index in [1.54, 1.807) is 0 Å². The highest BCUT2D eigenvalue weighted by atomic mass is 32.2. The van der Waals surface area contributed by atoms with E-state index in [9.17, 15) is 13.2 Å². The minimum atomic E-state index is -4.04. The standard InChI is InChI=1S/C14H16N2O6S/c1-21-11-6-10(8-15)2-3-12(11)23(19,20)16-14(7-13(17)18)4-5-22-9-14/h2-3,6,16H,4-5,7,9H2,1H3,(H,17,18). The van der Waals surface area contributed by atoms with Gasteiger partial charge in [0.1, 0.15) is 10.6 Å². The molecule has 124 valence electrons. The first-order valence-corrected chi connectivity index (χ1v) is 8.22. The van der Waals surface area contributed by atoms with Gasteiger partial charge in [-0.3, -0.25) is 4.79 Å². The fourth-order valence-corrected chi connectivity index (χ4v) is 4.02. The number of nitriles is 1. The lowest BCUT2D eigenvalue weighted by Gasteiger charge is -2.27. The van der Waals surface area contributed by atoms with E-state index < -0.39 is 21.5 Å². The number of nitrogens with zero attached hydrogens (tertiary/aromatic N) is 1. The van der Waals surface area contributed by atoms with E-state index in [2.05, 4.69) is 4.72 Å². The van der Waals surface area contributed by atoms with Crippen molar-refractivity contribution in [2.75, 3.05) is 20.3 Å². The van der Waals surface area contributed by atoms with Crippen LogP contribution in [0.15, 0.2) is 23.1 Å². The highest BCUT2D eigenvalue weighted by molar-refractivity contribution is 7.89.